The van der Waals surface area contributed by atoms with Crippen molar-refractivity contribution in [2.75, 3.05) is 203 Å². The standard InChI is InChI=1S/C80H111F3N6O35P2/c1-77-16-14-57(90)46-61(77)62(82)47-60-59-48-66-80(78(59,2)49-64(91)79(60,77)83,123-76(122-66)54-4-3-5-55(81)44-54)65(92)52-121-126(106,107)124-125(104,105)120-21-18-84-67(93)10-7-53-6-8-56(89-71(97)11-12-72(89)98)45-58(53)74(101)87-51-70(96)86-50-69(95)85-17-20-109-23-25-111-27-29-113-31-33-115-35-37-117-39-41-119-43-42-118-40-38-116-36-34-114-32-30-112-28-26-110-24-22-108-19-15-68(94)88-63(75(102)103)9-13-73(99)100/h3-6,8,11-12,14,16,44-46,59-60,62-64,66,76,91H,7,9-10,13,15,17-43,47-52H2,1-2H3,(H,84,93)(H,85,95)(H,86,96)(H,87,101)(H,88,94)(H,99,100)(H,102,103)(H,104,105)(H,106,107)/t59-,60-,62-,63-,64-,66+,76+,77-,78-,79-,80+/m0/s1. The number of anilines is 1. The molecule has 0 spiro atoms. The summed E-state index contributed by atoms with van der Waals surface area (Å²) in [6, 6.07) is 7.55. The van der Waals surface area contributed by atoms with E-state index >= 15 is 8.78 Å². The second-order valence-electron chi connectivity index (χ2n) is 29.8. The summed E-state index contributed by atoms with van der Waals surface area (Å²) in [5.74, 6) is -12.2. The third-order valence-electron chi connectivity index (χ3n) is 21.4. The number of aryl methyl sites for hydroxylation is 1. The van der Waals surface area contributed by atoms with E-state index in [-0.39, 0.29) is 113 Å². The first kappa shape index (κ1) is 103. The summed E-state index contributed by atoms with van der Waals surface area (Å²) in [7, 11) is -11.4. The number of phosphoric ester groups is 2. The number of hydrogen-bond acceptors (Lipinski definition) is 31. The Hall–Kier alpha value is -8.12. The van der Waals surface area contributed by atoms with Crippen LogP contribution in [0.15, 0.2) is 78.4 Å². The molecule has 13 atom stereocenters. The highest BCUT2D eigenvalue weighted by molar-refractivity contribution is 7.61. The van der Waals surface area contributed by atoms with E-state index in [2.05, 4.69) is 30.9 Å². The van der Waals surface area contributed by atoms with Crippen LogP contribution in [0.4, 0.5) is 18.9 Å². The number of hydrogen-bond donors (Lipinski definition) is 10. The van der Waals surface area contributed by atoms with Gasteiger partial charge < -0.3 is 118 Å². The van der Waals surface area contributed by atoms with Gasteiger partial charge in [-0.3, -0.25) is 57.0 Å². The van der Waals surface area contributed by atoms with Gasteiger partial charge in [-0.2, -0.15) is 4.31 Å². The number of alkyl halides is 2. The average molecular weight is 1840 g/mol. The van der Waals surface area contributed by atoms with Crippen LogP contribution < -0.4 is 31.5 Å². The first-order valence-electron chi connectivity index (χ1n) is 40.9. The van der Waals surface area contributed by atoms with Gasteiger partial charge in [-0.15, -0.1) is 0 Å². The Morgan fingerprint density at radius 2 is 1.10 bits per heavy atom. The number of carbonyl (C=O) groups excluding carboxylic acids is 9. The van der Waals surface area contributed by atoms with Gasteiger partial charge in [0, 0.05) is 72.4 Å². The molecule has 702 valence electrons. The number of rotatable bonds is 64. The molecule has 0 bridgehead atoms. The predicted molar refractivity (Wildman–Crippen MR) is 428 cm³/mol. The van der Waals surface area contributed by atoms with Gasteiger partial charge in [0.1, 0.15) is 24.6 Å². The Bertz CT molecular complexity index is 4190. The van der Waals surface area contributed by atoms with Gasteiger partial charge in [-0.25, -0.2) is 32.0 Å². The van der Waals surface area contributed by atoms with Crippen molar-refractivity contribution >= 4 is 86.2 Å². The lowest BCUT2D eigenvalue weighted by atomic mass is 9.44. The van der Waals surface area contributed by atoms with Gasteiger partial charge in [0.25, 0.3) is 17.7 Å². The Balaban J connectivity index is 0.607. The molecule has 2 heterocycles. The number of amides is 7. The Morgan fingerprint density at radius 1 is 0.587 bits per heavy atom. The highest BCUT2D eigenvalue weighted by Gasteiger charge is 2.80. The van der Waals surface area contributed by atoms with Crippen LogP contribution in [-0.4, -0.2) is 324 Å². The molecular weight excluding hydrogens is 1720 g/mol. The monoisotopic (exact) mass is 1830 g/mol. The quantitative estimate of drug-likeness (QED) is 0.0257. The number of aliphatic hydroxyl groups is 1. The molecule has 2 unspecified atom stereocenters. The molecule has 2 aromatic rings. The molecule has 41 nitrogen and oxygen atoms in total. The van der Waals surface area contributed by atoms with Crippen molar-refractivity contribution in [1.82, 2.24) is 26.6 Å². The Kier molecular flexibility index (Phi) is 42.1. The van der Waals surface area contributed by atoms with E-state index in [4.69, 9.17) is 85.6 Å². The number of allylic oxidation sites excluding steroid dienone is 4. The summed E-state index contributed by atoms with van der Waals surface area (Å²) in [6.07, 6.45) is -3.85. The van der Waals surface area contributed by atoms with Crippen LogP contribution in [0.2, 0.25) is 0 Å². The molecular formula is C80H111F3N6O35P2. The minimum absolute atomic E-state index is 0.0294. The molecule has 10 N–H and O–H groups in total. The van der Waals surface area contributed by atoms with Gasteiger partial charge in [0.15, 0.2) is 29.1 Å². The Morgan fingerprint density at radius 3 is 1.63 bits per heavy atom. The largest absolute Gasteiger partial charge is 0.481 e. The van der Waals surface area contributed by atoms with E-state index in [0.717, 1.165) is 41.3 Å². The predicted octanol–water partition coefficient (Wildman–Crippen LogP) is 1.89. The van der Waals surface area contributed by atoms with Crippen LogP contribution in [0.1, 0.15) is 86.6 Å². The number of ether oxygens (including phenoxy) is 14. The van der Waals surface area contributed by atoms with E-state index in [1.165, 1.54) is 50.3 Å². The van der Waals surface area contributed by atoms with E-state index in [9.17, 15) is 81.2 Å². The molecule has 2 aliphatic heterocycles. The van der Waals surface area contributed by atoms with Crippen molar-refractivity contribution in [2.24, 2.45) is 22.7 Å². The molecule has 1 saturated heterocycles. The second kappa shape index (κ2) is 51.3. The van der Waals surface area contributed by atoms with E-state index < -0.39 is 197 Å². The number of Topliss-reactive ketones (excluding diaryl/α,β-unsaturated/α-hetero) is 1. The maximum absolute atomic E-state index is 18.1. The molecule has 0 aromatic heterocycles. The lowest BCUT2D eigenvalue weighted by molar-refractivity contribution is -0.235. The smallest absolute Gasteiger partial charge is 0.481 e. The molecule has 8 rings (SSSR count). The van der Waals surface area contributed by atoms with Crippen molar-refractivity contribution < 1.29 is 180 Å². The average Bonchev–Trinajstić information content (AvgIpc) is 1.45. The second-order valence-corrected chi connectivity index (χ2v) is 32.9. The fourth-order valence-corrected chi connectivity index (χ4v) is 17.5. The summed E-state index contributed by atoms with van der Waals surface area (Å²) < 4.78 is 168. The van der Waals surface area contributed by atoms with E-state index in [0.29, 0.717) is 119 Å². The van der Waals surface area contributed by atoms with Gasteiger partial charge in [0.05, 0.1) is 196 Å². The highest BCUT2D eigenvalue weighted by Crippen LogP contribution is 2.73. The lowest BCUT2D eigenvalue weighted by Crippen LogP contribution is -2.70. The number of aliphatic hydroxyl groups excluding tert-OH is 1. The number of carbonyl (C=O) groups is 11. The number of aliphatic carboxylic acids is 2. The number of nitrogens with zero attached hydrogens (tertiary/aromatic N) is 1. The number of carboxylic acid groups (broad SMARTS) is 2. The topological polar surface area (TPSA) is 543 Å². The first-order valence-corrected chi connectivity index (χ1v) is 43.9. The molecule has 126 heavy (non-hydrogen) atoms. The molecule has 4 aliphatic carbocycles. The minimum Gasteiger partial charge on any atom is -0.481 e. The number of carboxylic acids is 2. The maximum atomic E-state index is 18.1. The third-order valence-corrected chi connectivity index (χ3v) is 24.1. The van der Waals surface area contributed by atoms with Gasteiger partial charge in [0.2, 0.25) is 23.6 Å². The fraction of sp³-hybridized carbons (Fsp3) is 0.637. The summed E-state index contributed by atoms with van der Waals surface area (Å²) >= 11 is 0. The first-order chi connectivity index (χ1) is 60.2. The molecule has 3 saturated carbocycles. The van der Waals surface area contributed by atoms with Crippen molar-refractivity contribution in [3.05, 3.63) is 101 Å². The molecule has 0 radical (unpaired) electrons. The van der Waals surface area contributed by atoms with Crippen LogP contribution in [-0.2, 0) is 143 Å². The number of imide groups is 1. The third kappa shape index (κ3) is 30.5. The molecule has 46 heteroatoms. The molecule has 2 aromatic carbocycles. The van der Waals surface area contributed by atoms with Gasteiger partial charge >= 0.3 is 27.6 Å². The summed E-state index contributed by atoms with van der Waals surface area (Å²) in [5, 5.41) is 41.8. The van der Waals surface area contributed by atoms with Crippen LogP contribution in [0, 0.1) is 28.5 Å². The SMILES string of the molecule is C[C@]12C=CC(=O)C=C1[C@@H](F)C[C@H]1[C@@H]3C[C@H]4O[C@@H](c5cccc(F)c5)O[C@@]4(C(=O)COP(=O)(O)OP(=O)(O)OCCNC(=O)CCc4ccc(N5C(=O)C=CC5=O)cc4C(=O)NCC(=O)NCC(=O)NCCOCCOCCOCCOCCOCCOCCOCCOCCOCCOCCOCCOCCC(=O)N[C@@H](CCC(=O)O)C(=O)O)[C@@]3(C)C[C@H](O)[C@@]12F. The maximum Gasteiger partial charge on any atom is 0.481 e. The number of benzene rings is 2. The zero-order valence-corrected chi connectivity index (χ0v) is 71.6. The lowest BCUT2D eigenvalue weighted by Gasteiger charge is -2.63. The van der Waals surface area contributed by atoms with Crippen LogP contribution in [0.25, 0.3) is 0 Å². The summed E-state index contributed by atoms with van der Waals surface area (Å²) in [6.45, 7) is 6.69. The molecule has 7 amide bonds. The number of nitrogens with one attached hydrogen (secondary N) is 5. The van der Waals surface area contributed by atoms with Crippen LogP contribution in [0.3, 0.4) is 0 Å². The Labute approximate surface area is 723 Å². The fourth-order valence-electron chi connectivity index (χ4n) is 15.5. The normalized spacial score (nSPS) is 24.0. The summed E-state index contributed by atoms with van der Waals surface area (Å²) in [4.78, 5) is 160. The minimum atomic E-state index is -5.79. The van der Waals surface area contributed by atoms with E-state index in [1.807, 2.05) is 0 Å². The molecule has 6 aliphatic rings. The van der Waals surface area contributed by atoms with Gasteiger partial charge in [-0.05, 0) is 92.5 Å². The number of fused-ring (bicyclic) bond motifs is 7. The number of ketones is 2. The zero-order valence-electron chi connectivity index (χ0n) is 69.8. The van der Waals surface area contributed by atoms with Gasteiger partial charge in [-0.1, -0.05) is 31.2 Å². The van der Waals surface area contributed by atoms with Crippen LogP contribution >= 0.6 is 15.6 Å². The number of phosphoric acid groups is 2. The summed E-state index contributed by atoms with van der Waals surface area (Å²) in [5.41, 5.74) is -8.48. The van der Waals surface area contributed by atoms with E-state index in [1.54, 1.807) is 0 Å². The zero-order chi connectivity index (χ0) is 91.3. The van der Waals surface area contributed by atoms with Crippen molar-refractivity contribution in [3.8, 4) is 0 Å². The van der Waals surface area contributed by atoms with Crippen LogP contribution in [0.5, 0.6) is 0 Å². The van der Waals surface area contributed by atoms with Crippen molar-refractivity contribution in [1.29, 1.82) is 0 Å². The number of halogens is 3. The highest BCUT2D eigenvalue weighted by atomic mass is 31.3. The van der Waals surface area contributed by atoms with Crippen molar-refractivity contribution in [2.45, 2.75) is 107 Å². The molecule has 4 fully saturated rings. The van der Waals surface area contributed by atoms with Crippen molar-refractivity contribution in [3.63, 3.8) is 0 Å².